The zero-order chi connectivity index (χ0) is 19.4. The summed E-state index contributed by atoms with van der Waals surface area (Å²) >= 11 is 0. The van der Waals surface area contributed by atoms with Crippen LogP contribution < -0.4 is 15.0 Å². The van der Waals surface area contributed by atoms with E-state index < -0.39 is 29.3 Å². The fourth-order valence-corrected chi connectivity index (χ4v) is 3.17. The molecule has 1 N–H and O–H groups in total. The Labute approximate surface area is 157 Å². The fourth-order valence-electron chi connectivity index (χ4n) is 3.17. The lowest BCUT2D eigenvalue weighted by Crippen LogP contribution is -2.52. The number of hydrogen-bond donors (Lipinski definition) is 1. The van der Waals surface area contributed by atoms with Gasteiger partial charge in [0.05, 0.1) is 13.2 Å². The number of hydrogen-bond acceptors (Lipinski definition) is 4. The Kier molecular flexibility index (Phi) is 5.91. The maximum absolute atomic E-state index is 13.7. The first-order valence-corrected chi connectivity index (χ1v) is 8.87. The summed E-state index contributed by atoms with van der Waals surface area (Å²) in [6, 6.07) is 10.9. The van der Waals surface area contributed by atoms with Crippen LogP contribution in [0.1, 0.15) is 6.92 Å². The molecule has 1 saturated heterocycles. The zero-order valence-electron chi connectivity index (χ0n) is 15.4. The lowest BCUT2D eigenvalue weighted by atomic mass is 10.2. The van der Waals surface area contributed by atoms with Gasteiger partial charge in [-0.1, -0.05) is 6.07 Å². The quantitative estimate of drug-likeness (QED) is 0.872. The lowest BCUT2D eigenvalue weighted by Gasteiger charge is -2.38. The van der Waals surface area contributed by atoms with E-state index in [2.05, 4.69) is 10.2 Å². The zero-order valence-corrected chi connectivity index (χ0v) is 15.4. The Morgan fingerprint density at radius 3 is 2.19 bits per heavy atom. The van der Waals surface area contributed by atoms with Gasteiger partial charge in [-0.2, -0.15) is 0 Å². The summed E-state index contributed by atoms with van der Waals surface area (Å²) in [6.07, 6.45) is 0. The second-order valence-electron chi connectivity index (χ2n) is 6.48. The van der Waals surface area contributed by atoms with Crippen LogP contribution in [0.5, 0.6) is 5.75 Å². The van der Waals surface area contributed by atoms with E-state index in [1.165, 1.54) is 6.07 Å². The van der Waals surface area contributed by atoms with Crippen LogP contribution in [0.25, 0.3) is 0 Å². The van der Waals surface area contributed by atoms with Crippen LogP contribution in [0.2, 0.25) is 0 Å². The molecule has 144 valence electrons. The van der Waals surface area contributed by atoms with Crippen molar-refractivity contribution in [2.75, 3.05) is 43.5 Å². The Morgan fingerprint density at radius 1 is 1.04 bits per heavy atom. The van der Waals surface area contributed by atoms with Gasteiger partial charge in [0.1, 0.15) is 23.1 Å². The minimum atomic E-state index is -0.778. The van der Waals surface area contributed by atoms with Crippen molar-refractivity contribution >= 4 is 17.3 Å². The second-order valence-corrected chi connectivity index (χ2v) is 6.48. The molecule has 27 heavy (non-hydrogen) atoms. The number of benzene rings is 2. The van der Waals surface area contributed by atoms with Crippen LogP contribution in [0.15, 0.2) is 42.5 Å². The summed E-state index contributed by atoms with van der Waals surface area (Å²) < 4.78 is 32.6. The summed E-state index contributed by atoms with van der Waals surface area (Å²) in [4.78, 5) is 16.7. The predicted octanol–water partition coefficient (Wildman–Crippen LogP) is 3.12. The molecule has 0 spiro atoms. The monoisotopic (exact) mass is 375 g/mol. The summed E-state index contributed by atoms with van der Waals surface area (Å²) in [6.45, 7) is 4.63. The number of carbonyl (C=O) groups is 1. The highest BCUT2D eigenvalue weighted by Gasteiger charge is 2.26. The van der Waals surface area contributed by atoms with E-state index in [9.17, 15) is 13.6 Å². The number of rotatable bonds is 5. The smallest absolute Gasteiger partial charge is 0.241 e. The van der Waals surface area contributed by atoms with Gasteiger partial charge in [0, 0.05) is 31.9 Å². The number of piperazine rings is 1. The van der Waals surface area contributed by atoms with Crippen molar-refractivity contribution < 1.29 is 18.3 Å². The normalized spacial score (nSPS) is 16.1. The number of methoxy groups -OCH3 is 1. The van der Waals surface area contributed by atoms with Crippen molar-refractivity contribution in [3.05, 3.63) is 54.1 Å². The highest BCUT2D eigenvalue weighted by Crippen LogP contribution is 2.22. The molecule has 1 amide bonds. The molecule has 2 aromatic carbocycles. The van der Waals surface area contributed by atoms with Gasteiger partial charge < -0.3 is 15.0 Å². The van der Waals surface area contributed by atoms with Gasteiger partial charge in [0.15, 0.2) is 0 Å². The molecule has 0 unspecified atom stereocenters. The van der Waals surface area contributed by atoms with Crippen LogP contribution in [-0.2, 0) is 4.79 Å². The molecular weight excluding hydrogens is 352 g/mol. The predicted molar refractivity (Wildman–Crippen MR) is 101 cm³/mol. The van der Waals surface area contributed by atoms with E-state index in [1.54, 1.807) is 14.0 Å². The van der Waals surface area contributed by atoms with Crippen molar-refractivity contribution in [3.8, 4) is 5.75 Å². The molecule has 3 rings (SSSR count). The molecule has 0 aliphatic carbocycles. The van der Waals surface area contributed by atoms with Crippen molar-refractivity contribution in [2.24, 2.45) is 0 Å². The molecule has 7 heteroatoms. The van der Waals surface area contributed by atoms with Gasteiger partial charge in [-0.3, -0.25) is 9.69 Å². The fraction of sp³-hybridized carbons (Fsp3) is 0.350. The van der Waals surface area contributed by atoms with Crippen LogP contribution >= 0.6 is 0 Å². The highest BCUT2D eigenvalue weighted by molar-refractivity contribution is 5.94. The van der Waals surface area contributed by atoms with Crippen molar-refractivity contribution in [1.29, 1.82) is 0 Å². The van der Waals surface area contributed by atoms with Crippen molar-refractivity contribution in [1.82, 2.24) is 4.90 Å². The third-order valence-electron chi connectivity index (χ3n) is 4.89. The molecule has 0 aromatic heterocycles. The first-order valence-electron chi connectivity index (χ1n) is 8.87. The van der Waals surface area contributed by atoms with E-state index in [0.29, 0.717) is 13.1 Å². The number of ether oxygens (including phenoxy) is 1. The summed E-state index contributed by atoms with van der Waals surface area (Å²) in [7, 11) is 1.63. The maximum Gasteiger partial charge on any atom is 0.241 e. The van der Waals surface area contributed by atoms with Gasteiger partial charge in [-0.05, 0) is 43.3 Å². The van der Waals surface area contributed by atoms with E-state index in [0.717, 1.165) is 36.7 Å². The van der Waals surface area contributed by atoms with Gasteiger partial charge in [0.25, 0.3) is 0 Å². The standard InChI is InChI=1S/C20H23F2N3O2/c1-14(20(26)23-19-17(21)4-3-5-18(19)22)24-10-12-25(13-11-24)15-6-8-16(27-2)9-7-15/h3-9,14H,10-13H2,1-2H3,(H,23,26)/t14-/m1/s1. The number of amides is 1. The molecule has 2 aromatic rings. The Morgan fingerprint density at radius 2 is 1.63 bits per heavy atom. The molecule has 1 aliphatic heterocycles. The van der Waals surface area contributed by atoms with Crippen LogP contribution in [0.3, 0.4) is 0 Å². The molecule has 1 heterocycles. The largest absolute Gasteiger partial charge is 0.497 e. The SMILES string of the molecule is COc1ccc(N2CCN([C@H](C)C(=O)Nc3c(F)cccc3F)CC2)cc1. The molecule has 0 saturated carbocycles. The second kappa shape index (κ2) is 8.35. The molecule has 1 atom stereocenters. The molecule has 1 fully saturated rings. The van der Waals surface area contributed by atoms with E-state index in [1.807, 2.05) is 29.2 Å². The van der Waals surface area contributed by atoms with E-state index in [-0.39, 0.29) is 0 Å². The topological polar surface area (TPSA) is 44.8 Å². The average molecular weight is 375 g/mol. The third-order valence-corrected chi connectivity index (χ3v) is 4.89. The molecule has 0 radical (unpaired) electrons. The Bertz CT molecular complexity index is 770. The summed E-state index contributed by atoms with van der Waals surface area (Å²) in [5.41, 5.74) is 0.701. The highest BCUT2D eigenvalue weighted by atomic mass is 19.1. The van der Waals surface area contributed by atoms with Crippen molar-refractivity contribution in [2.45, 2.75) is 13.0 Å². The Balaban J connectivity index is 1.57. The summed E-state index contributed by atoms with van der Waals surface area (Å²) in [5.74, 6) is -1.17. The molecule has 0 bridgehead atoms. The van der Waals surface area contributed by atoms with Crippen LogP contribution in [-0.4, -0.2) is 50.1 Å². The van der Waals surface area contributed by atoms with E-state index in [4.69, 9.17) is 4.74 Å². The molecule has 5 nitrogen and oxygen atoms in total. The maximum atomic E-state index is 13.7. The number of nitrogens with one attached hydrogen (secondary N) is 1. The number of anilines is 2. The number of halogens is 2. The number of para-hydroxylation sites is 1. The van der Waals surface area contributed by atoms with Gasteiger partial charge in [-0.25, -0.2) is 8.78 Å². The lowest BCUT2D eigenvalue weighted by molar-refractivity contribution is -0.120. The minimum Gasteiger partial charge on any atom is -0.497 e. The van der Waals surface area contributed by atoms with Gasteiger partial charge in [-0.15, -0.1) is 0 Å². The first kappa shape index (κ1) is 19.1. The van der Waals surface area contributed by atoms with Crippen molar-refractivity contribution in [3.63, 3.8) is 0 Å². The van der Waals surface area contributed by atoms with Gasteiger partial charge >= 0.3 is 0 Å². The third kappa shape index (κ3) is 4.36. The average Bonchev–Trinajstić information content (AvgIpc) is 2.70. The molecule has 1 aliphatic rings. The number of nitrogens with zero attached hydrogens (tertiary/aromatic N) is 2. The van der Waals surface area contributed by atoms with E-state index >= 15 is 0 Å². The minimum absolute atomic E-state index is 0.397. The summed E-state index contributed by atoms with van der Waals surface area (Å²) in [5, 5.41) is 2.37. The number of carbonyl (C=O) groups excluding carboxylic acids is 1. The van der Waals surface area contributed by atoms with Gasteiger partial charge in [0.2, 0.25) is 5.91 Å². The van der Waals surface area contributed by atoms with Crippen LogP contribution in [0.4, 0.5) is 20.2 Å². The Hall–Kier alpha value is -2.67. The van der Waals surface area contributed by atoms with Crippen LogP contribution in [0, 0.1) is 11.6 Å². The first-order chi connectivity index (χ1) is 13.0. The molecular formula is C20H23F2N3O2.